The van der Waals surface area contributed by atoms with Crippen molar-refractivity contribution < 1.29 is 4.74 Å². The molecule has 2 nitrogen and oxygen atoms in total. The van der Waals surface area contributed by atoms with Gasteiger partial charge in [0.2, 0.25) is 0 Å². The molecule has 2 saturated carbocycles. The van der Waals surface area contributed by atoms with E-state index in [-0.39, 0.29) is 0 Å². The minimum absolute atomic E-state index is 0.759. The van der Waals surface area contributed by atoms with E-state index in [0.29, 0.717) is 0 Å². The Balaban J connectivity index is 1.46. The van der Waals surface area contributed by atoms with Crippen molar-refractivity contribution in [3.8, 4) is 0 Å². The first-order chi connectivity index (χ1) is 8.25. The molecule has 0 heterocycles. The van der Waals surface area contributed by atoms with Gasteiger partial charge in [0.25, 0.3) is 0 Å². The number of rotatable bonds is 7. The van der Waals surface area contributed by atoms with Crippen molar-refractivity contribution in [2.24, 2.45) is 17.8 Å². The molecule has 2 aliphatic carbocycles. The first-order valence-corrected chi connectivity index (χ1v) is 7.57. The maximum Gasteiger partial charge on any atom is 0.0494 e. The van der Waals surface area contributed by atoms with Gasteiger partial charge in [0, 0.05) is 19.3 Å². The molecule has 0 aromatic heterocycles. The van der Waals surface area contributed by atoms with Gasteiger partial charge < -0.3 is 10.1 Å². The molecule has 0 spiro atoms. The summed E-state index contributed by atoms with van der Waals surface area (Å²) in [4.78, 5) is 0. The van der Waals surface area contributed by atoms with Crippen LogP contribution in [0.4, 0.5) is 0 Å². The van der Waals surface area contributed by atoms with Crippen LogP contribution < -0.4 is 5.32 Å². The van der Waals surface area contributed by atoms with Gasteiger partial charge in [0.05, 0.1) is 0 Å². The number of hydrogen-bond donors (Lipinski definition) is 1. The highest BCUT2D eigenvalue weighted by Crippen LogP contribution is 2.29. The van der Waals surface area contributed by atoms with Crippen LogP contribution >= 0.6 is 0 Å². The van der Waals surface area contributed by atoms with Crippen LogP contribution in [0.3, 0.4) is 0 Å². The van der Waals surface area contributed by atoms with Crippen LogP contribution in [0.5, 0.6) is 0 Å². The largest absolute Gasteiger partial charge is 0.381 e. The van der Waals surface area contributed by atoms with E-state index in [2.05, 4.69) is 19.2 Å². The smallest absolute Gasteiger partial charge is 0.0494 e. The number of hydrogen-bond acceptors (Lipinski definition) is 2. The van der Waals surface area contributed by atoms with Crippen LogP contribution in [0.2, 0.25) is 0 Å². The zero-order valence-corrected chi connectivity index (χ0v) is 11.6. The molecule has 3 atom stereocenters. The second-order valence-corrected chi connectivity index (χ2v) is 6.33. The highest BCUT2D eigenvalue weighted by molar-refractivity contribution is 4.80. The van der Waals surface area contributed by atoms with Crippen molar-refractivity contribution in [2.45, 2.75) is 58.4 Å². The van der Waals surface area contributed by atoms with Crippen LogP contribution in [0.15, 0.2) is 0 Å². The van der Waals surface area contributed by atoms with E-state index in [1.165, 1.54) is 38.5 Å². The molecule has 100 valence electrons. The lowest BCUT2D eigenvalue weighted by molar-refractivity contribution is 0.119. The number of ether oxygens (including phenoxy) is 1. The average Bonchev–Trinajstić information content (AvgIpc) is 3.09. The van der Waals surface area contributed by atoms with Crippen molar-refractivity contribution in [1.82, 2.24) is 5.32 Å². The lowest BCUT2D eigenvalue weighted by atomic mass is 9.80. The van der Waals surface area contributed by atoms with E-state index in [4.69, 9.17) is 4.74 Å². The van der Waals surface area contributed by atoms with Crippen molar-refractivity contribution in [3.63, 3.8) is 0 Å². The Labute approximate surface area is 107 Å². The molecule has 2 rings (SSSR count). The van der Waals surface area contributed by atoms with Gasteiger partial charge in [-0.2, -0.15) is 0 Å². The number of nitrogens with one attached hydrogen (secondary N) is 1. The maximum absolute atomic E-state index is 5.65. The van der Waals surface area contributed by atoms with Crippen LogP contribution in [0.1, 0.15) is 52.4 Å². The molecule has 0 aromatic rings. The van der Waals surface area contributed by atoms with Crippen molar-refractivity contribution in [1.29, 1.82) is 0 Å². The summed E-state index contributed by atoms with van der Waals surface area (Å²) in [5.41, 5.74) is 0. The minimum Gasteiger partial charge on any atom is -0.381 e. The predicted molar refractivity (Wildman–Crippen MR) is 72.1 cm³/mol. The van der Waals surface area contributed by atoms with Gasteiger partial charge in [-0.3, -0.25) is 0 Å². The highest BCUT2D eigenvalue weighted by Gasteiger charge is 2.24. The monoisotopic (exact) mass is 239 g/mol. The molecule has 2 heteroatoms. The summed E-state index contributed by atoms with van der Waals surface area (Å²) in [6.07, 6.45) is 8.14. The van der Waals surface area contributed by atoms with E-state index in [0.717, 1.165) is 43.6 Å². The Morgan fingerprint density at radius 2 is 1.94 bits per heavy atom. The van der Waals surface area contributed by atoms with Gasteiger partial charge >= 0.3 is 0 Å². The molecule has 0 aliphatic heterocycles. The first kappa shape index (κ1) is 13.4. The summed E-state index contributed by atoms with van der Waals surface area (Å²) < 4.78 is 5.65. The summed E-state index contributed by atoms with van der Waals surface area (Å²) in [5.74, 6) is 2.69. The van der Waals surface area contributed by atoms with Gasteiger partial charge in [-0.1, -0.05) is 13.8 Å². The predicted octanol–water partition coefficient (Wildman–Crippen LogP) is 3.22. The summed E-state index contributed by atoms with van der Waals surface area (Å²) in [7, 11) is 0. The van der Waals surface area contributed by atoms with Gasteiger partial charge in [-0.25, -0.2) is 0 Å². The van der Waals surface area contributed by atoms with Crippen LogP contribution in [0, 0.1) is 17.8 Å². The Morgan fingerprint density at radius 3 is 2.65 bits per heavy atom. The molecule has 0 amide bonds. The molecule has 2 aliphatic rings. The second kappa shape index (κ2) is 6.75. The van der Waals surface area contributed by atoms with Gasteiger partial charge in [0.15, 0.2) is 0 Å². The molecule has 0 bridgehead atoms. The lowest BCUT2D eigenvalue weighted by Crippen LogP contribution is -2.39. The van der Waals surface area contributed by atoms with E-state index in [9.17, 15) is 0 Å². The Morgan fingerprint density at radius 1 is 1.12 bits per heavy atom. The van der Waals surface area contributed by atoms with E-state index in [1.807, 2.05) is 0 Å². The standard InChI is InChI=1S/C15H29NO/c1-12-4-7-15(13(2)10-12)16-8-3-9-17-11-14-5-6-14/h12-16H,3-11H2,1-2H3. The lowest BCUT2D eigenvalue weighted by Gasteiger charge is -2.33. The first-order valence-electron chi connectivity index (χ1n) is 7.57. The molecule has 17 heavy (non-hydrogen) atoms. The van der Waals surface area contributed by atoms with Gasteiger partial charge in [-0.15, -0.1) is 0 Å². The van der Waals surface area contributed by atoms with Crippen molar-refractivity contribution >= 4 is 0 Å². The molecule has 0 saturated heterocycles. The van der Waals surface area contributed by atoms with Crippen LogP contribution in [0.25, 0.3) is 0 Å². The Bertz CT molecular complexity index is 215. The SMILES string of the molecule is CC1CCC(NCCCOCC2CC2)C(C)C1. The normalized spacial score (nSPS) is 33.9. The fourth-order valence-electron chi connectivity index (χ4n) is 2.96. The third kappa shape index (κ3) is 4.97. The molecule has 3 unspecified atom stereocenters. The van der Waals surface area contributed by atoms with Gasteiger partial charge in [-0.05, 0) is 62.8 Å². The van der Waals surface area contributed by atoms with Crippen molar-refractivity contribution in [3.05, 3.63) is 0 Å². The molecule has 1 N–H and O–H groups in total. The quantitative estimate of drug-likeness (QED) is 0.689. The van der Waals surface area contributed by atoms with Crippen molar-refractivity contribution in [2.75, 3.05) is 19.8 Å². The molecule has 2 fully saturated rings. The summed E-state index contributed by atoms with van der Waals surface area (Å²) in [5, 5.41) is 3.72. The third-order valence-electron chi connectivity index (χ3n) is 4.35. The molecular formula is C15H29NO. The fourth-order valence-corrected chi connectivity index (χ4v) is 2.96. The average molecular weight is 239 g/mol. The summed E-state index contributed by atoms with van der Waals surface area (Å²) in [6, 6.07) is 0.759. The second-order valence-electron chi connectivity index (χ2n) is 6.33. The van der Waals surface area contributed by atoms with Crippen LogP contribution in [-0.4, -0.2) is 25.8 Å². The Kier molecular flexibility index (Phi) is 5.30. The Hall–Kier alpha value is -0.0800. The molecule has 0 radical (unpaired) electrons. The van der Waals surface area contributed by atoms with Crippen LogP contribution in [-0.2, 0) is 4.74 Å². The highest BCUT2D eigenvalue weighted by atomic mass is 16.5. The van der Waals surface area contributed by atoms with E-state index in [1.54, 1.807) is 0 Å². The van der Waals surface area contributed by atoms with E-state index >= 15 is 0 Å². The van der Waals surface area contributed by atoms with E-state index < -0.39 is 0 Å². The molecule has 0 aromatic carbocycles. The fraction of sp³-hybridized carbons (Fsp3) is 1.00. The summed E-state index contributed by atoms with van der Waals surface area (Å²) in [6.45, 7) is 7.88. The zero-order valence-electron chi connectivity index (χ0n) is 11.6. The van der Waals surface area contributed by atoms with Gasteiger partial charge in [0.1, 0.15) is 0 Å². The molecular weight excluding hydrogens is 210 g/mol. The third-order valence-corrected chi connectivity index (χ3v) is 4.35. The zero-order chi connectivity index (χ0) is 12.1. The maximum atomic E-state index is 5.65. The minimum atomic E-state index is 0.759. The topological polar surface area (TPSA) is 21.3 Å². The summed E-state index contributed by atoms with van der Waals surface area (Å²) >= 11 is 0.